The molecule has 1 rings (SSSR count). The van der Waals surface area contributed by atoms with Crippen molar-refractivity contribution in [2.45, 2.75) is 0 Å². The zero-order valence-electron chi connectivity index (χ0n) is 6.60. The quantitative estimate of drug-likeness (QED) is 0.412. The first-order chi connectivity index (χ1) is 6.24. The molecule has 0 aliphatic carbocycles. The Morgan fingerprint density at radius 2 is 2.23 bits per heavy atom. The molecule has 0 aromatic carbocycles. The van der Waals surface area contributed by atoms with E-state index in [1.807, 2.05) is 0 Å². The number of terminal acetylenes is 1. The molecule has 0 radical (unpaired) electrons. The lowest BCUT2D eigenvalue weighted by atomic mass is 10.5. The van der Waals surface area contributed by atoms with Crippen LogP contribution in [-0.2, 0) is 0 Å². The molecule has 0 amide bonds. The summed E-state index contributed by atoms with van der Waals surface area (Å²) in [5.74, 6) is 2.61. The maximum absolute atomic E-state index is 10.2. The number of aromatic nitrogens is 2. The van der Waals surface area contributed by atoms with E-state index in [1.165, 1.54) is 0 Å². The van der Waals surface area contributed by atoms with Crippen LogP contribution in [0.2, 0.25) is 0 Å². The van der Waals surface area contributed by atoms with Crippen molar-refractivity contribution in [3.05, 3.63) is 22.5 Å². The van der Waals surface area contributed by atoms with Gasteiger partial charge in [-0.15, -0.1) is 6.42 Å². The summed E-state index contributed by atoms with van der Waals surface area (Å²) in [5, 5.41) is 12.9. The zero-order valence-corrected chi connectivity index (χ0v) is 6.60. The highest BCUT2D eigenvalue weighted by molar-refractivity contribution is 5.31. The molecular formula is C7H6N4O2. The Hall–Kier alpha value is -2.16. The van der Waals surface area contributed by atoms with Gasteiger partial charge in [0.1, 0.15) is 12.4 Å². The van der Waals surface area contributed by atoms with Gasteiger partial charge in [-0.3, -0.25) is 10.1 Å². The molecule has 6 nitrogen and oxygen atoms in total. The lowest BCUT2D eigenvalue weighted by Gasteiger charge is -1.97. The van der Waals surface area contributed by atoms with E-state index in [0.717, 1.165) is 12.4 Å². The first-order valence-corrected chi connectivity index (χ1v) is 3.38. The Morgan fingerprint density at radius 3 is 2.69 bits per heavy atom. The van der Waals surface area contributed by atoms with Gasteiger partial charge in [0.15, 0.2) is 0 Å². The van der Waals surface area contributed by atoms with Gasteiger partial charge in [0, 0.05) is 0 Å². The molecule has 0 atom stereocenters. The number of hydrogen-bond donors (Lipinski definition) is 1. The van der Waals surface area contributed by atoms with Crippen LogP contribution in [0.15, 0.2) is 12.4 Å². The molecule has 0 bridgehead atoms. The molecule has 1 N–H and O–H groups in total. The fourth-order valence-electron chi connectivity index (χ4n) is 0.637. The third-order valence-electron chi connectivity index (χ3n) is 1.20. The predicted octanol–water partition coefficient (Wildman–Crippen LogP) is 0.430. The number of rotatable bonds is 3. The van der Waals surface area contributed by atoms with Gasteiger partial charge in [-0.25, -0.2) is 9.97 Å². The molecule has 1 aromatic heterocycles. The number of nitrogens with zero attached hydrogens (tertiary/aromatic N) is 3. The summed E-state index contributed by atoms with van der Waals surface area (Å²) in [5.41, 5.74) is -0.147. The molecule has 0 aliphatic heterocycles. The highest BCUT2D eigenvalue weighted by Crippen LogP contribution is 2.07. The van der Waals surface area contributed by atoms with Crippen LogP contribution in [0.3, 0.4) is 0 Å². The van der Waals surface area contributed by atoms with Crippen LogP contribution in [0.25, 0.3) is 0 Å². The summed E-state index contributed by atoms with van der Waals surface area (Å²) in [4.78, 5) is 17.0. The van der Waals surface area contributed by atoms with Crippen LogP contribution >= 0.6 is 0 Å². The average Bonchev–Trinajstić information content (AvgIpc) is 2.15. The molecular weight excluding hydrogens is 172 g/mol. The van der Waals surface area contributed by atoms with Gasteiger partial charge < -0.3 is 5.32 Å². The van der Waals surface area contributed by atoms with Crippen molar-refractivity contribution in [3.8, 4) is 12.3 Å². The highest BCUT2D eigenvalue weighted by atomic mass is 16.6. The molecule has 1 heterocycles. The minimum atomic E-state index is -0.565. The van der Waals surface area contributed by atoms with Gasteiger partial charge in [-0.1, -0.05) is 5.92 Å². The number of nitrogens with one attached hydrogen (secondary N) is 1. The number of hydrogen-bond acceptors (Lipinski definition) is 5. The van der Waals surface area contributed by atoms with Crippen molar-refractivity contribution in [1.29, 1.82) is 0 Å². The second kappa shape index (κ2) is 4.01. The molecule has 0 saturated carbocycles. The Bertz CT molecular complexity index is 341. The van der Waals surface area contributed by atoms with E-state index in [-0.39, 0.29) is 18.2 Å². The van der Waals surface area contributed by atoms with Crippen molar-refractivity contribution in [1.82, 2.24) is 9.97 Å². The summed E-state index contributed by atoms with van der Waals surface area (Å²) < 4.78 is 0. The second-order valence-electron chi connectivity index (χ2n) is 2.08. The van der Waals surface area contributed by atoms with Crippen molar-refractivity contribution >= 4 is 11.6 Å². The third-order valence-corrected chi connectivity index (χ3v) is 1.20. The van der Waals surface area contributed by atoms with E-state index in [0.29, 0.717) is 0 Å². The first kappa shape index (κ1) is 8.93. The maximum atomic E-state index is 10.2. The normalized spacial score (nSPS) is 8.85. The van der Waals surface area contributed by atoms with Crippen molar-refractivity contribution < 1.29 is 4.92 Å². The van der Waals surface area contributed by atoms with Crippen LogP contribution in [0, 0.1) is 22.5 Å². The van der Waals surface area contributed by atoms with E-state index in [9.17, 15) is 10.1 Å². The Kier molecular flexibility index (Phi) is 2.76. The van der Waals surface area contributed by atoms with Crippen LogP contribution < -0.4 is 5.32 Å². The van der Waals surface area contributed by atoms with Crippen molar-refractivity contribution in [2.24, 2.45) is 0 Å². The molecule has 66 valence electrons. The largest absolute Gasteiger partial charge is 0.343 e. The molecule has 13 heavy (non-hydrogen) atoms. The predicted molar refractivity (Wildman–Crippen MR) is 46.0 cm³/mol. The fourth-order valence-corrected chi connectivity index (χ4v) is 0.637. The van der Waals surface area contributed by atoms with E-state index >= 15 is 0 Å². The molecule has 0 aliphatic rings. The third kappa shape index (κ3) is 2.41. The van der Waals surface area contributed by atoms with Gasteiger partial charge in [-0.2, -0.15) is 0 Å². The second-order valence-corrected chi connectivity index (χ2v) is 2.08. The summed E-state index contributed by atoms with van der Waals surface area (Å²) in [6.07, 6.45) is 7.21. The van der Waals surface area contributed by atoms with E-state index < -0.39 is 4.92 Å². The Balaban J connectivity index is 2.71. The van der Waals surface area contributed by atoms with Crippen LogP contribution in [-0.4, -0.2) is 21.4 Å². The smallest absolute Gasteiger partial charge is 0.305 e. The number of nitro groups is 1. The summed E-state index contributed by atoms with van der Waals surface area (Å²) >= 11 is 0. The molecule has 0 unspecified atom stereocenters. The molecule has 1 aromatic rings. The standard InChI is InChI=1S/C7H6N4O2/c1-2-3-8-7-9-4-6(5-10-7)11(12)13/h1,4-5H,3H2,(H,8,9,10). The van der Waals surface area contributed by atoms with E-state index in [1.54, 1.807) is 0 Å². The SMILES string of the molecule is C#CCNc1ncc([N+](=O)[O-])cn1. The van der Waals surface area contributed by atoms with Gasteiger partial charge in [-0.05, 0) is 0 Å². The van der Waals surface area contributed by atoms with Crippen molar-refractivity contribution in [2.75, 3.05) is 11.9 Å². The lowest BCUT2D eigenvalue weighted by Crippen LogP contribution is -2.03. The van der Waals surface area contributed by atoms with Crippen LogP contribution in [0.1, 0.15) is 0 Å². The van der Waals surface area contributed by atoms with Gasteiger partial charge >= 0.3 is 5.69 Å². The maximum Gasteiger partial charge on any atom is 0.305 e. The number of anilines is 1. The monoisotopic (exact) mass is 178 g/mol. The first-order valence-electron chi connectivity index (χ1n) is 3.38. The fraction of sp³-hybridized carbons (Fsp3) is 0.143. The Morgan fingerprint density at radius 1 is 1.62 bits per heavy atom. The zero-order chi connectivity index (χ0) is 9.68. The van der Waals surface area contributed by atoms with E-state index in [4.69, 9.17) is 6.42 Å². The highest BCUT2D eigenvalue weighted by Gasteiger charge is 2.05. The van der Waals surface area contributed by atoms with Gasteiger partial charge in [0.05, 0.1) is 11.5 Å². The summed E-state index contributed by atoms with van der Waals surface area (Å²) in [6.45, 7) is 0.289. The van der Waals surface area contributed by atoms with Crippen LogP contribution in [0.5, 0.6) is 0 Å². The average molecular weight is 178 g/mol. The molecule has 6 heteroatoms. The molecule has 0 saturated heterocycles. The van der Waals surface area contributed by atoms with Gasteiger partial charge in [0.25, 0.3) is 0 Å². The summed E-state index contributed by atoms with van der Waals surface area (Å²) in [6, 6.07) is 0. The van der Waals surface area contributed by atoms with Crippen LogP contribution in [0.4, 0.5) is 11.6 Å². The topological polar surface area (TPSA) is 81.0 Å². The minimum absolute atomic E-state index is 0.147. The van der Waals surface area contributed by atoms with Gasteiger partial charge in [0.2, 0.25) is 5.95 Å². The molecule has 0 fully saturated rings. The van der Waals surface area contributed by atoms with Crippen molar-refractivity contribution in [3.63, 3.8) is 0 Å². The molecule has 0 spiro atoms. The van der Waals surface area contributed by atoms with E-state index in [2.05, 4.69) is 21.2 Å². The summed E-state index contributed by atoms with van der Waals surface area (Å²) in [7, 11) is 0. The lowest BCUT2D eigenvalue weighted by molar-refractivity contribution is -0.385. The minimum Gasteiger partial charge on any atom is -0.343 e. The Labute approximate surface area is 74.2 Å².